The van der Waals surface area contributed by atoms with E-state index in [1.54, 1.807) is 0 Å². The van der Waals surface area contributed by atoms with Crippen LogP contribution in [0.4, 0.5) is 0 Å². The van der Waals surface area contributed by atoms with Crippen LogP contribution in [0.3, 0.4) is 0 Å². The first-order valence-electron chi connectivity index (χ1n) is 11.4. The van der Waals surface area contributed by atoms with E-state index in [2.05, 4.69) is 11.9 Å². The summed E-state index contributed by atoms with van der Waals surface area (Å²) in [6, 6.07) is 0. The number of aliphatic imine (C=N–C) groups is 1. The quantitative estimate of drug-likeness (QED) is 0.660. The number of hydrogen-bond acceptors (Lipinski definition) is 8. The second-order valence-electron chi connectivity index (χ2n) is 8.12. The summed E-state index contributed by atoms with van der Waals surface area (Å²) in [7, 11) is 0. The van der Waals surface area contributed by atoms with Crippen LogP contribution >= 0.6 is 0 Å². The highest BCUT2D eigenvalue weighted by molar-refractivity contribution is 5.74. The summed E-state index contributed by atoms with van der Waals surface area (Å²) in [5.74, 6) is 0.412. The first-order valence-corrected chi connectivity index (χ1v) is 11.4. The Balaban J connectivity index is 0.000000144. The van der Waals surface area contributed by atoms with Crippen LogP contribution in [0.25, 0.3) is 0 Å². The van der Waals surface area contributed by atoms with Crippen LogP contribution in [0, 0.1) is 0 Å². The molecule has 5 aliphatic rings. The molecule has 0 bridgehead atoms. The second kappa shape index (κ2) is 13.6. The van der Waals surface area contributed by atoms with Gasteiger partial charge in [0.1, 0.15) is 6.61 Å². The number of nitrogens with zero attached hydrogens (tertiary/aromatic N) is 1. The minimum Gasteiger partial charge on any atom is -0.479 e. The number of rotatable bonds is 2. The fourth-order valence-corrected chi connectivity index (χ4v) is 3.57. The second-order valence-corrected chi connectivity index (χ2v) is 8.12. The average Bonchev–Trinajstić information content (AvgIpc) is 3.53. The van der Waals surface area contributed by atoms with Gasteiger partial charge in [-0.05, 0) is 33.1 Å². The molecule has 3 saturated heterocycles. The smallest absolute Gasteiger partial charge is 0.180 e. The molecule has 1 aliphatic carbocycles. The van der Waals surface area contributed by atoms with E-state index in [1.807, 2.05) is 20.8 Å². The fraction of sp³-hybridized carbons (Fsp3) is 0.955. The molecule has 0 amide bonds. The van der Waals surface area contributed by atoms with Gasteiger partial charge >= 0.3 is 0 Å². The van der Waals surface area contributed by atoms with Crippen LogP contribution in [0.5, 0.6) is 0 Å². The first kappa shape index (κ1) is 25.5. The highest BCUT2D eigenvalue weighted by atomic mass is 16.7. The molecule has 4 fully saturated rings. The van der Waals surface area contributed by atoms with Gasteiger partial charge in [0.05, 0.1) is 46.2 Å². The Morgan fingerprint density at radius 3 is 1.77 bits per heavy atom. The molecule has 0 unspecified atom stereocenters. The molecular weight excluding hydrogens is 390 g/mol. The third-order valence-electron chi connectivity index (χ3n) is 5.11. The van der Waals surface area contributed by atoms with Gasteiger partial charge in [-0.3, -0.25) is 4.99 Å². The molecule has 0 aromatic rings. The van der Waals surface area contributed by atoms with Crippen LogP contribution in [0.1, 0.15) is 66.2 Å². The maximum absolute atomic E-state index is 5.48. The van der Waals surface area contributed by atoms with Crippen LogP contribution < -0.4 is 0 Å². The molecule has 1 saturated carbocycles. The van der Waals surface area contributed by atoms with Gasteiger partial charge < -0.3 is 33.2 Å². The lowest BCUT2D eigenvalue weighted by atomic mass is 10.2. The molecular formula is C22H41NO7. The van der Waals surface area contributed by atoms with Crippen molar-refractivity contribution in [2.24, 2.45) is 4.99 Å². The Hall–Kier alpha value is -0.770. The van der Waals surface area contributed by atoms with Gasteiger partial charge in [-0.15, -0.1) is 0 Å². The summed E-state index contributed by atoms with van der Waals surface area (Å²) in [6.07, 6.45) is 7.09. The maximum atomic E-state index is 5.48. The molecule has 176 valence electrons. The third kappa shape index (κ3) is 10.0. The summed E-state index contributed by atoms with van der Waals surface area (Å²) in [6.45, 7) is 14.1. The fourth-order valence-electron chi connectivity index (χ4n) is 3.57. The Bertz CT molecular complexity index is 454. The number of ether oxygens (including phenoxy) is 7. The molecule has 0 aromatic carbocycles. The summed E-state index contributed by atoms with van der Waals surface area (Å²) in [5, 5.41) is 0. The van der Waals surface area contributed by atoms with E-state index >= 15 is 0 Å². The lowest BCUT2D eigenvalue weighted by Gasteiger charge is -2.19. The molecule has 4 aliphatic heterocycles. The van der Waals surface area contributed by atoms with Crippen molar-refractivity contribution in [1.82, 2.24) is 0 Å². The van der Waals surface area contributed by atoms with Gasteiger partial charge in [0.2, 0.25) is 0 Å². The Morgan fingerprint density at radius 2 is 1.40 bits per heavy atom. The van der Waals surface area contributed by atoms with Crippen molar-refractivity contribution in [3.63, 3.8) is 0 Å². The normalized spacial score (nSPS) is 26.1. The largest absolute Gasteiger partial charge is 0.479 e. The Labute approximate surface area is 181 Å². The minimum atomic E-state index is -0.306. The summed E-state index contributed by atoms with van der Waals surface area (Å²) in [5.41, 5.74) is 0. The van der Waals surface area contributed by atoms with Gasteiger partial charge in [-0.2, -0.15) is 0 Å². The summed E-state index contributed by atoms with van der Waals surface area (Å²) < 4.78 is 36.4. The monoisotopic (exact) mass is 431 g/mol. The molecule has 0 atom stereocenters. The van der Waals surface area contributed by atoms with Gasteiger partial charge in [0, 0.05) is 19.8 Å². The standard InChI is InChI=1S/C7H12O2.C6H12O2.C5H10O2.C4H7NO/c1-2-4-7(3-1)8-5-6-9-7;1-2-3-6-7-4-5-8-6;1-5(2)6-3-4-7-5;1-4-5-2-3-6-4/h1-6H2;6H,2-5H2,1H3;3-4H2,1-2H3;2-3H2,1H3. The van der Waals surface area contributed by atoms with Crippen molar-refractivity contribution in [3.8, 4) is 0 Å². The molecule has 0 radical (unpaired) electrons. The molecule has 0 aromatic heterocycles. The van der Waals surface area contributed by atoms with E-state index in [0.717, 1.165) is 84.4 Å². The summed E-state index contributed by atoms with van der Waals surface area (Å²) >= 11 is 0. The SMILES string of the molecule is C1CCC2(C1)OCCO2.CC1(C)OCCO1.CC1=NCCO1.CCCC1OCCO1. The topological polar surface area (TPSA) is 77.0 Å². The average molecular weight is 432 g/mol. The van der Waals surface area contributed by atoms with E-state index in [1.165, 1.54) is 12.8 Å². The zero-order valence-electron chi connectivity index (χ0n) is 19.3. The van der Waals surface area contributed by atoms with Crippen molar-refractivity contribution in [3.05, 3.63) is 0 Å². The number of hydrogen-bond donors (Lipinski definition) is 0. The van der Waals surface area contributed by atoms with Gasteiger partial charge in [-0.1, -0.05) is 13.3 Å². The van der Waals surface area contributed by atoms with Crippen LogP contribution in [0.15, 0.2) is 4.99 Å². The lowest BCUT2D eigenvalue weighted by molar-refractivity contribution is -0.150. The van der Waals surface area contributed by atoms with Crippen LogP contribution in [-0.2, 0) is 33.2 Å². The molecule has 30 heavy (non-hydrogen) atoms. The van der Waals surface area contributed by atoms with E-state index < -0.39 is 0 Å². The van der Waals surface area contributed by atoms with E-state index in [9.17, 15) is 0 Å². The van der Waals surface area contributed by atoms with Gasteiger partial charge in [0.15, 0.2) is 23.8 Å². The predicted octanol–water partition coefficient (Wildman–Crippen LogP) is 3.67. The third-order valence-corrected chi connectivity index (χ3v) is 5.11. The molecule has 1 spiro atoms. The lowest BCUT2D eigenvalue weighted by Crippen LogP contribution is -2.24. The van der Waals surface area contributed by atoms with E-state index in [0.29, 0.717) is 0 Å². The minimum absolute atomic E-state index is 0.111. The molecule has 0 N–H and O–H groups in total. The molecule has 8 nitrogen and oxygen atoms in total. The molecule has 8 heteroatoms. The highest BCUT2D eigenvalue weighted by Gasteiger charge is 2.39. The highest BCUT2D eigenvalue weighted by Crippen LogP contribution is 2.36. The van der Waals surface area contributed by atoms with Crippen molar-refractivity contribution in [2.45, 2.75) is 84.1 Å². The summed E-state index contributed by atoms with van der Waals surface area (Å²) in [4.78, 5) is 3.93. The zero-order chi connectivity index (χ0) is 21.7. The van der Waals surface area contributed by atoms with Gasteiger partial charge in [0.25, 0.3) is 0 Å². The molecule has 5 rings (SSSR count). The van der Waals surface area contributed by atoms with Crippen molar-refractivity contribution >= 4 is 5.90 Å². The van der Waals surface area contributed by atoms with Gasteiger partial charge in [-0.25, -0.2) is 0 Å². The van der Waals surface area contributed by atoms with Crippen molar-refractivity contribution < 1.29 is 33.2 Å². The Kier molecular flexibility index (Phi) is 11.6. The van der Waals surface area contributed by atoms with Crippen molar-refractivity contribution in [1.29, 1.82) is 0 Å². The predicted molar refractivity (Wildman–Crippen MR) is 114 cm³/mol. The van der Waals surface area contributed by atoms with E-state index in [4.69, 9.17) is 33.2 Å². The van der Waals surface area contributed by atoms with Crippen molar-refractivity contribution in [2.75, 3.05) is 52.8 Å². The first-order chi connectivity index (χ1) is 14.4. The zero-order valence-corrected chi connectivity index (χ0v) is 19.3. The van der Waals surface area contributed by atoms with Crippen LogP contribution in [-0.4, -0.2) is 76.6 Å². The maximum Gasteiger partial charge on any atom is 0.180 e. The van der Waals surface area contributed by atoms with E-state index in [-0.39, 0.29) is 17.9 Å². The molecule has 4 heterocycles. The van der Waals surface area contributed by atoms with Crippen LogP contribution in [0.2, 0.25) is 0 Å². The Morgan fingerprint density at radius 1 is 0.833 bits per heavy atom.